The van der Waals surface area contributed by atoms with Crippen LogP contribution in [0.5, 0.6) is 0 Å². The number of pyridine rings is 1. The first kappa shape index (κ1) is 23.2. The molecule has 0 saturated carbocycles. The summed E-state index contributed by atoms with van der Waals surface area (Å²) >= 11 is 2.90. The van der Waals surface area contributed by atoms with Gasteiger partial charge in [-0.2, -0.15) is 5.26 Å². The summed E-state index contributed by atoms with van der Waals surface area (Å²) in [5.74, 6) is 0.189. The highest BCUT2D eigenvalue weighted by Gasteiger charge is 2.28. The van der Waals surface area contributed by atoms with Gasteiger partial charge in [0, 0.05) is 16.0 Å². The van der Waals surface area contributed by atoms with E-state index < -0.39 is 0 Å². The van der Waals surface area contributed by atoms with Crippen molar-refractivity contribution in [2.75, 3.05) is 11.1 Å². The zero-order valence-corrected chi connectivity index (χ0v) is 21.7. The van der Waals surface area contributed by atoms with Crippen molar-refractivity contribution >= 4 is 49.5 Å². The Bertz CT molecular complexity index is 1500. The Morgan fingerprint density at radius 1 is 1.08 bits per heavy atom. The Morgan fingerprint density at radius 3 is 2.69 bits per heavy atom. The van der Waals surface area contributed by atoms with E-state index in [1.54, 1.807) is 0 Å². The quantitative estimate of drug-likeness (QED) is 0.309. The smallest absolute Gasteiger partial charge is 0.268 e. The maximum Gasteiger partial charge on any atom is 0.268 e. The molecule has 5 nitrogen and oxygen atoms in total. The molecule has 0 aliphatic heterocycles. The summed E-state index contributed by atoms with van der Waals surface area (Å²) < 4.78 is 0. The largest absolute Gasteiger partial charge is 0.397 e. The number of carbonyl (C=O) groups excluding carboxylic acids is 1. The number of nitrogens with two attached hydrogens (primary N) is 1. The Morgan fingerprint density at radius 2 is 1.89 bits per heavy atom. The molecular formula is C29H28N4OS2. The van der Waals surface area contributed by atoms with E-state index >= 15 is 0 Å². The molecule has 36 heavy (non-hydrogen) atoms. The average Bonchev–Trinajstić information content (AvgIpc) is 3.40. The van der Waals surface area contributed by atoms with Gasteiger partial charge in [0.05, 0.1) is 11.3 Å². The van der Waals surface area contributed by atoms with Gasteiger partial charge < -0.3 is 11.1 Å². The number of benzene rings is 1. The topological polar surface area (TPSA) is 91.8 Å². The molecule has 1 aromatic carbocycles. The molecule has 7 heteroatoms. The number of nitrogen functional groups attached to an aromatic ring is 1. The molecule has 6 rings (SSSR count). The monoisotopic (exact) mass is 512 g/mol. The first-order valence-corrected chi connectivity index (χ1v) is 14.4. The highest BCUT2D eigenvalue weighted by molar-refractivity contribution is 7.21. The van der Waals surface area contributed by atoms with Crippen LogP contribution in [-0.2, 0) is 25.7 Å². The van der Waals surface area contributed by atoms with Crippen molar-refractivity contribution < 1.29 is 4.79 Å². The summed E-state index contributed by atoms with van der Waals surface area (Å²) in [6, 6.07) is 15.1. The van der Waals surface area contributed by atoms with E-state index in [4.69, 9.17) is 10.7 Å². The molecule has 0 radical (unpaired) electrons. The number of amides is 1. The summed E-state index contributed by atoms with van der Waals surface area (Å²) in [6.45, 7) is 0. The predicted molar refractivity (Wildman–Crippen MR) is 148 cm³/mol. The van der Waals surface area contributed by atoms with Crippen LogP contribution in [0.4, 0.5) is 10.7 Å². The minimum Gasteiger partial charge on any atom is -0.397 e. The van der Waals surface area contributed by atoms with Crippen LogP contribution in [0.15, 0.2) is 36.4 Å². The first-order chi connectivity index (χ1) is 17.6. The molecule has 3 N–H and O–H groups in total. The fraction of sp³-hybridized carbons (Fsp3) is 0.345. The molecule has 3 aromatic heterocycles. The van der Waals surface area contributed by atoms with Crippen LogP contribution in [0.3, 0.4) is 0 Å². The summed E-state index contributed by atoms with van der Waals surface area (Å²) in [7, 11) is 0. The Balaban J connectivity index is 1.29. The number of hydrogen-bond donors (Lipinski definition) is 2. The standard InChI is InChI=1S/C29H28N4OS2/c30-16-22-20-13-12-18(17-8-5-3-6-9-17)15-24(20)35-29(22)33-27(34)26-25(31)21-14-19-10-4-1-2-7-11-23(19)32-28(21)36-26/h3,5-6,8-9,14,18H,1-2,4,7,10-13,15,31H2,(H,33,34). The number of hydrogen-bond acceptors (Lipinski definition) is 6. The zero-order chi connectivity index (χ0) is 24.6. The molecule has 2 aliphatic rings. The van der Waals surface area contributed by atoms with Crippen LogP contribution >= 0.6 is 22.7 Å². The second kappa shape index (κ2) is 9.68. The van der Waals surface area contributed by atoms with Crippen molar-refractivity contribution in [1.82, 2.24) is 4.98 Å². The van der Waals surface area contributed by atoms with Crippen molar-refractivity contribution in [2.45, 2.75) is 63.7 Å². The molecule has 2 aliphatic carbocycles. The van der Waals surface area contributed by atoms with Crippen molar-refractivity contribution in [2.24, 2.45) is 0 Å². The van der Waals surface area contributed by atoms with E-state index in [-0.39, 0.29) is 5.91 Å². The van der Waals surface area contributed by atoms with Gasteiger partial charge in [-0.05, 0) is 73.6 Å². The van der Waals surface area contributed by atoms with Gasteiger partial charge >= 0.3 is 0 Å². The van der Waals surface area contributed by atoms with Gasteiger partial charge in [-0.3, -0.25) is 4.79 Å². The number of aryl methyl sites for hydroxylation is 2. The van der Waals surface area contributed by atoms with Crippen LogP contribution in [0.1, 0.15) is 80.5 Å². The Kier molecular flexibility index (Phi) is 6.24. The lowest BCUT2D eigenvalue weighted by atomic mass is 9.83. The van der Waals surface area contributed by atoms with E-state index in [1.807, 2.05) is 6.07 Å². The van der Waals surface area contributed by atoms with Gasteiger partial charge in [0.15, 0.2) is 0 Å². The van der Waals surface area contributed by atoms with Gasteiger partial charge in [0.1, 0.15) is 20.8 Å². The number of nitrogens with one attached hydrogen (secondary N) is 1. The molecule has 1 unspecified atom stereocenters. The second-order valence-corrected chi connectivity index (χ2v) is 11.9. The van der Waals surface area contributed by atoms with Crippen LogP contribution in [0.25, 0.3) is 10.2 Å². The van der Waals surface area contributed by atoms with Gasteiger partial charge in [-0.1, -0.05) is 43.2 Å². The van der Waals surface area contributed by atoms with Crippen LogP contribution in [0, 0.1) is 11.3 Å². The second-order valence-electron chi connectivity index (χ2n) is 9.83. The summed E-state index contributed by atoms with van der Waals surface area (Å²) in [5, 5.41) is 14.5. The molecule has 1 amide bonds. The minimum atomic E-state index is -0.252. The first-order valence-electron chi connectivity index (χ1n) is 12.7. The summed E-state index contributed by atoms with van der Waals surface area (Å²) in [5.41, 5.74) is 12.4. The van der Waals surface area contributed by atoms with Crippen LogP contribution < -0.4 is 11.1 Å². The maximum absolute atomic E-state index is 13.4. The lowest BCUT2D eigenvalue weighted by Crippen LogP contribution is -2.12. The maximum atomic E-state index is 13.4. The number of carbonyl (C=O) groups is 1. The van der Waals surface area contributed by atoms with E-state index in [9.17, 15) is 10.1 Å². The number of nitrogens with zero attached hydrogens (tertiary/aromatic N) is 2. The van der Waals surface area contributed by atoms with Gasteiger partial charge in [0.25, 0.3) is 5.91 Å². The van der Waals surface area contributed by atoms with Crippen molar-refractivity contribution in [3.8, 4) is 6.07 Å². The van der Waals surface area contributed by atoms with Crippen molar-refractivity contribution in [1.29, 1.82) is 5.26 Å². The Labute approximate surface area is 219 Å². The van der Waals surface area contributed by atoms with E-state index in [1.165, 1.54) is 57.9 Å². The Hall–Kier alpha value is -3.21. The van der Waals surface area contributed by atoms with E-state index in [0.717, 1.165) is 60.0 Å². The molecule has 4 aromatic rings. The summed E-state index contributed by atoms with van der Waals surface area (Å²) in [6.07, 6.45) is 9.59. The average molecular weight is 513 g/mol. The molecule has 182 valence electrons. The highest BCUT2D eigenvalue weighted by Crippen LogP contribution is 2.43. The zero-order valence-electron chi connectivity index (χ0n) is 20.1. The van der Waals surface area contributed by atoms with Gasteiger partial charge in [-0.15, -0.1) is 22.7 Å². The third-order valence-corrected chi connectivity index (χ3v) is 9.86. The molecular weight excluding hydrogens is 484 g/mol. The van der Waals surface area contributed by atoms with Gasteiger partial charge in [0.2, 0.25) is 0 Å². The minimum absolute atomic E-state index is 0.252. The summed E-state index contributed by atoms with van der Waals surface area (Å²) in [4.78, 5) is 20.8. The lowest BCUT2D eigenvalue weighted by molar-refractivity contribution is 0.103. The van der Waals surface area contributed by atoms with Crippen LogP contribution in [-0.4, -0.2) is 10.9 Å². The predicted octanol–water partition coefficient (Wildman–Crippen LogP) is 7.00. The van der Waals surface area contributed by atoms with E-state index in [2.05, 4.69) is 41.7 Å². The highest BCUT2D eigenvalue weighted by atomic mass is 32.1. The SMILES string of the molecule is N#Cc1c(NC(=O)c2sc3nc4c(cc3c2N)CCCCCC4)sc2c1CCC(c1ccccc1)C2. The molecule has 0 fully saturated rings. The molecule has 1 atom stereocenters. The number of nitriles is 1. The third-order valence-electron chi connectivity index (χ3n) is 7.58. The lowest BCUT2D eigenvalue weighted by Gasteiger charge is -2.22. The number of rotatable bonds is 3. The van der Waals surface area contributed by atoms with Crippen molar-refractivity contribution in [3.05, 3.63) is 74.1 Å². The molecule has 0 spiro atoms. The van der Waals surface area contributed by atoms with E-state index in [0.29, 0.717) is 27.0 Å². The van der Waals surface area contributed by atoms with Crippen LogP contribution in [0.2, 0.25) is 0 Å². The van der Waals surface area contributed by atoms with Gasteiger partial charge in [-0.25, -0.2) is 4.98 Å². The molecule has 3 heterocycles. The number of aromatic nitrogens is 1. The number of anilines is 2. The molecule has 0 saturated heterocycles. The fourth-order valence-electron chi connectivity index (χ4n) is 5.64. The normalized spacial score (nSPS) is 17.5. The molecule has 0 bridgehead atoms. The number of thiophene rings is 2. The number of fused-ring (bicyclic) bond motifs is 3. The third kappa shape index (κ3) is 4.19. The van der Waals surface area contributed by atoms with Crippen molar-refractivity contribution in [3.63, 3.8) is 0 Å². The fourth-order valence-corrected chi connectivity index (χ4v) is 7.91.